The lowest BCUT2D eigenvalue weighted by molar-refractivity contribution is -0.416. The van der Waals surface area contributed by atoms with Gasteiger partial charge in [0.25, 0.3) is 0 Å². The second-order valence-electron chi connectivity index (χ2n) is 3.09. The molecule has 0 radical (unpaired) electrons. The molecular weight excluding hydrogens is 176 g/mol. The molecule has 0 atom stereocenters. The second kappa shape index (κ2) is 3.46. The molecule has 0 bridgehead atoms. The van der Waals surface area contributed by atoms with Gasteiger partial charge in [-0.3, -0.25) is 4.98 Å². The number of hydrogen-bond acceptors (Lipinski definition) is 2. The van der Waals surface area contributed by atoms with Crippen molar-refractivity contribution in [2.75, 3.05) is 7.05 Å². The monoisotopic (exact) mass is 186 g/mol. The lowest BCUT2D eigenvalue weighted by Gasteiger charge is -2.00. The van der Waals surface area contributed by atoms with E-state index in [0.29, 0.717) is 0 Å². The first-order valence-corrected chi connectivity index (χ1v) is 4.36. The molecule has 0 aliphatic carbocycles. The summed E-state index contributed by atoms with van der Waals surface area (Å²) in [7, 11) is 1.47. The molecule has 0 aliphatic heterocycles. The van der Waals surface area contributed by atoms with Gasteiger partial charge in [0.2, 0.25) is 0 Å². The van der Waals surface area contributed by atoms with Gasteiger partial charge in [0, 0.05) is 17.1 Å². The van der Waals surface area contributed by atoms with Crippen LogP contribution in [0.2, 0.25) is 0 Å². The third-order valence-electron chi connectivity index (χ3n) is 2.00. The molecule has 1 aromatic heterocycles. The number of hydrogen-bond donors (Lipinski definition) is 0. The van der Waals surface area contributed by atoms with Crippen LogP contribution in [0.1, 0.15) is 5.56 Å². The Bertz CT molecular complexity index is 482. The summed E-state index contributed by atoms with van der Waals surface area (Å²) in [5, 5.41) is 11.9. The molecule has 0 unspecified atom stereocenters. The second-order valence-corrected chi connectivity index (χ2v) is 3.09. The molecule has 0 saturated heterocycles. The van der Waals surface area contributed by atoms with E-state index in [1.54, 1.807) is 12.4 Å². The Balaban J connectivity index is 2.71. The maximum absolute atomic E-state index is 10.9. The van der Waals surface area contributed by atoms with Crippen LogP contribution in [0.5, 0.6) is 0 Å². The minimum absolute atomic E-state index is 0.793. The Kier molecular flexibility index (Phi) is 2.14. The van der Waals surface area contributed by atoms with Gasteiger partial charge in [-0.1, -0.05) is 18.2 Å². The Labute approximate surface area is 81.9 Å². The van der Waals surface area contributed by atoms with Crippen LogP contribution in [0.15, 0.2) is 36.5 Å². The molecule has 0 saturated carbocycles. The van der Waals surface area contributed by atoms with E-state index in [4.69, 9.17) is 0 Å². The molecule has 14 heavy (non-hydrogen) atoms. The number of nitrogens with zero attached hydrogens (tertiary/aromatic N) is 2. The fourth-order valence-corrected chi connectivity index (χ4v) is 1.43. The van der Waals surface area contributed by atoms with Gasteiger partial charge >= 0.3 is 0 Å². The summed E-state index contributed by atoms with van der Waals surface area (Å²) in [4.78, 5) is 4.21. The molecule has 1 heterocycles. The largest absolute Gasteiger partial charge is 0.624 e. The Morgan fingerprint density at radius 3 is 2.86 bits per heavy atom. The van der Waals surface area contributed by atoms with E-state index in [2.05, 4.69) is 4.98 Å². The van der Waals surface area contributed by atoms with Gasteiger partial charge in [-0.15, -0.1) is 0 Å². The zero-order valence-corrected chi connectivity index (χ0v) is 7.84. The van der Waals surface area contributed by atoms with Gasteiger partial charge < -0.3 is 5.21 Å². The first kappa shape index (κ1) is 8.69. The molecule has 0 spiro atoms. The van der Waals surface area contributed by atoms with E-state index >= 15 is 0 Å². The molecule has 2 aromatic rings. The molecule has 0 aliphatic rings. The van der Waals surface area contributed by atoms with Crippen LogP contribution in [0.3, 0.4) is 0 Å². The highest BCUT2D eigenvalue weighted by Gasteiger charge is 2.00. The van der Waals surface area contributed by atoms with E-state index in [1.165, 1.54) is 7.05 Å². The lowest BCUT2D eigenvalue weighted by atomic mass is 10.1. The standard InChI is InChI=1S/C11H10N2O/c1-13(14)8-9-6-7-12-11-5-3-2-4-10(9)11/h2-8H,1H3. The highest BCUT2D eigenvalue weighted by atomic mass is 16.5. The first-order chi connectivity index (χ1) is 6.77. The third kappa shape index (κ3) is 1.57. The summed E-state index contributed by atoms with van der Waals surface area (Å²) in [6.45, 7) is 0. The Morgan fingerprint density at radius 2 is 2.07 bits per heavy atom. The predicted octanol–water partition coefficient (Wildman–Crippen LogP) is 1.79. The molecule has 0 N–H and O–H groups in total. The quantitative estimate of drug-likeness (QED) is 0.295. The summed E-state index contributed by atoms with van der Waals surface area (Å²) < 4.78 is 0.793. The fourth-order valence-electron chi connectivity index (χ4n) is 1.43. The molecule has 3 nitrogen and oxygen atoms in total. The zero-order chi connectivity index (χ0) is 9.97. The molecule has 0 fully saturated rings. The normalized spacial score (nSPS) is 11.9. The van der Waals surface area contributed by atoms with Gasteiger partial charge in [-0.25, -0.2) is 4.74 Å². The van der Waals surface area contributed by atoms with Crippen molar-refractivity contribution in [3.63, 3.8) is 0 Å². The minimum Gasteiger partial charge on any atom is -0.624 e. The topological polar surface area (TPSA) is 39.0 Å². The minimum atomic E-state index is 0.793. The molecule has 0 amide bonds. The average molecular weight is 186 g/mol. The van der Waals surface area contributed by atoms with Crippen LogP contribution >= 0.6 is 0 Å². The van der Waals surface area contributed by atoms with Crippen LogP contribution in [0, 0.1) is 5.21 Å². The van der Waals surface area contributed by atoms with Gasteiger partial charge in [0.05, 0.1) is 5.52 Å². The van der Waals surface area contributed by atoms with Crippen LogP contribution in [0.4, 0.5) is 0 Å². The highest BCUT2D eigenvalue weighted by Crippen LogP contribution is 2.13. The van der Waals surface area contributed by atoms with E-state index in [-0.39, 0.29) is 0 Å². The zero-order valence-electron chi connectivity index (χ0n) is 7.84. The third-order valence-corrected chi connectivity index (χ3v) is 2.00. The van der Waals surface area contributed by atoms with Crippen LogP contribution in [-0.4, -0.2) is 23.0 Å². The van der Waals surface area contributed by atoms with Gasteiger partial charge in [-0.05, 0) is 12.1 Å². The van der Waals surface area contributed by atoms with E-state index < -0.39 is 0 Å². The predicted molar refractivity (Wildman–Crippen MR) is 56.5 cm³/mol. The van der Waals surface area contributed by atoms with Crippen molar-refractivity contribution in [3.8, 4) is 0 Å². The van der Waals surface area contributed by atoms with Crippen molar-refractivity contribution in [3.05, 3.63) is 47.3 Å². The molecule has 70 valence electrons. The summed E-state index contributed by atoms with van der Waals surface area (Å²) in [5.74, 6) is 0. The van der Waals surface area contributed by atoms with Crippen molar-refractivity contribution >= 4 is 17.1 Å². The maximum atomic E-state index is 10.9. The molecule has 3 heteroatoms. The van der Waals surface area contributed by atoms with Crippen molar-refractivity contribution in [1.29, 1.82) is 0 Å². The summed E-state index contributed by atoms with van der Waals surface area (Å²) in [6.07, 6.45) is 3.25. The summed E-state index contributed by atoms with van der Waals surface area (Å²) in [6, 6.07) is 9.58. The number of rotatable bonds is 1. The van der Waals surface area contributed by atoms with E-state index in [9.17, 15) is 5.21 Å². The molecule has 2 rings (SSSR count). The van der Waals surface area contributed by atoms with Crippen molar-refractivity contribution in [1.82, 2.24) is 4.98 Å². The first-order valence-electron chi connectivity index (χ1n) is 4.36. The number of fused-ring (bicyclic) bond motifs is 1. The number of pyridine rings is 1. The van der Waals surface area contributed by atoms with Gasteiger partial charge in [0.1, 0.15) is 7.05 Å². The van der Waals surface area contributed by atoms with Crippen LogP contribution < -0.4 is 0 Å². The summed E-state index contributed by atoms with van der Waals surface area (Å²) in [5.41, 5.74) is 1.80. The maximum Gasteiger partial charge on any atom is 0.182 e. The van der Waals surface area contributed by atoms with E-state index in [1.807, 2.05) is 30.3 Å². The number of hydroxylamine groups is 1. The van der Waals surface area contributed by atoms with Gasteiger partial charge in [0.15, 0.2) is 6.21 Å². The highest BCUT2D eigenvalue weighted by molar-refractivity contribution is 5.96. The molecular formula is C11H10N2O. The van der Waals surface area contributed by atoms with E-state index in [0.717, 1.165) is 21.2 Å². The average Bonchev–Trinajstić information content (AvgIpc) is 2.18. The number of aromatic nitrogens is 1. The number of benzene rings is 1. The number of para-hydroxylation sites is 1. The van der Waals surface area contributed by atoms with Crippen molar-refractivity contribution < 1.29 is 4.74 Å². The van der Waals surface area contributed by atoms with Gasteiger partial charge in [-0.2, -0.15) is 0 Å². The lowest BCUT2D eigenvalue weighted by Crippen LogP contribution is -1.98. The van der Waals surface area contributed by atoms with Crippen LogP contribution in [0.25, 0.3) is 10.9 Å². The van der Waals surface area contributed by atoms with Crippen molar-refractivity contribution in [2.24, 2.45) is 0 Å². The van der Waals surface area contributed by atoms with Crippen molar-refractivity contribution in [2.45, 2.75) is 0 Å². The SMILES string of the molecule is C[N+]([O-])=Cc1ccnc2ccccc12. The van der Waals surface area contributed by atoms with Crippen LogP contribution in [-0.2, 0) is 0 Å². The smallest absolute Gasteiger partial charge is 0.182 e. The Morgan fingerprint density at radius 1 is 1.29 bits per heavy atom. The Hall–Kier alpha value is -1.90. The summed E-state index contributed by atoms with van der Waals surface area (Å²) >= 11 is 0. The fraction of sp³-hybridized carbons (Fsp3) is 0.0909. The molecule has 1 aromatic carbocycles.